The standard InChI is InChI=1S/C23H27N3O4/c1-4-30-17-9-20(25-22(10-17)23(13-27)5-6-29-14-23)19-12-26(3)21-11-24-16(7-15(2)28)8-18(19)21/h8-12,27H,4-7,13-14H2,1-3H3/t23-/m0/s1. The van der Waals surface area contributed by atoms with E-state index in [0.29, 0.717) is 38.4 Å². The van der Waals surface area contributed by atoms with Gasteiger partial charge in [0.1, 0.15) is 11.5 Å². The van der Waals surface area contributed by atoms with Gasteiger partial charge in [-0.1, -0.05) is 0 Å². The molecule has 4 rings (SSSR count). The summed E-state index contributed by atoms with van der Waals surface area (Å²) in [7, 11) is 1.96. The number of Topliss-reactive ketones (excluding diaryl/α,β-unsaturated/α-hetero) is 1. The van der Waals surface area contributed by atoms with Crippen molar-refractivity contribution in [3.8, 4) is 17.0 Å². The quantitative estimate of drug-likeness (QED) is 0.646. The molecule has 1 N–H and O–H groups in total. The minimum atomic E-state index is -0.520. The van der Waals surface area contributed by atoms with Gasteiger partial charge in [0.15, 0.2) is 0 Å². The van der Waals surface area contributed by atoms with Crippen molar-refractivity contribution in [1.29, 1.82) is 0 Å². The average molecular weight is 409 g/mol. The molecule has 0 saturated carbocycles. The van der Waals surface area contributed by atoms with E-state index < -0.39 is 5.41 Å². The summed E-state index contributed by atoms with van der Waals surface area (Å²) in [5.74, 6) is 0.788. The first-order valence-electron chi connectivity index (χ1n) is 10.2. The Kier molecular flexibility index (Phi) is 5.58. The molecule has 0 bridgehead atoms. The maximum atomic E-state index is 11.6. The lowest BCUT2D eigenvalue weighted by molar-refractivity contribution is -0.116. The van der Waals surface area contributed by atoms with Crippen LogP contribution in [-0.2, 0) is 28.4 Å². The molecule has 0 aliphatic carbocycles. The second-order valence-electron chi connectivity index (χ2n) is 7.97. The van der Waals surface area contributed by atoms with E-state index in [2.05, 4.69) is 4.98 Å². The van der Waals surface area contributed by atoms with Crippen LogP contribution in [0, 0.1) is 0 Å². The van der Waals surface area contributed by atoms with Gasteiger partial charge >= 0.3 is 0 Å². The number of carbonyl (C=O) groups is 1. The molecule has 3 aromatic rings. The fraction of sp³-hybridized carbons (Fsp3) is 0.435. The summed E-state index contributed by atoms with van der Waals surface area (Å²) in [6.45, 7) is 5.05. The molecule has 1 saturated heterocycles. The molecule has 1 atom stereocenters. The minimum Gasteiger partial charge on any atom is -0.494 e. The fourth-order valence-corrected chi connectivity index (χ4v) is 4.06. The molecule has 1 fully saturated rings. The van der Waals surface area contributed by atoms with Crippen molar-refractivity contribution in [3.05, 3.63) is 42.0 Å². The van der Waals surface area contributed by atoms with Crippen LogP contribution in [0.4, 0.5) is 0 Å². The third-order valence-corrected chi connectivity index (χ3v) is 5.70. The molecule has 4 heterocycles. The van der Waals surface area contributed by atoms with E-state index in [9.17, 15) is 9.90 Å². The number of nitrogens with zero attached hydrogens (tertiary/aromatic N) is 3. The Labute approximate surface area is 175 Å². The van der Waals surface area contributed by atoms with E-state index in [-0.39, 0.29) is 12.4 Å². The maximum Gasteiger partial charge on any atom is 0.135 e. The predicted molar refractivity (Wildman–Crippen MR) is 114 cm³/mol. The number of pyridine rings is 2. The second-order valence-corrected chi connectivity index (χ2v) is 7.97. The number of fused-ring (bicyclic) bond motifs is 1. The van der Waals surface area contributed by atoms with Gasteiger partial charge in [-0.15, -0.1) is 0 Å². The average Bonchev–Trinajstić information content (AvgIpc) is 3.33. The number of rotatable bonds is 7. The lowest BCUT2D eigenvalue weighted by Gasteiger charge is -2.25. The number of aliphatic hydroxyl groups is 1. The monoisotopic (exact) mass is 409 g/mol. The molecular weight excluding hydrogens is 382 g/mol. The second kappa shape index (κ2) is 8.16. The molecule has 7 heteroatoms. The summed E-state index contributed by atoms with van der Waals surface area (Å²) in [6, 6.07) is 5.79. The molecule has 0 radical (unpaired) electrons. The predicted octanol–water partition coefficient (Wildman–Crippen LogP) is 2.82. The Bertz CT molecular complexity index is 1080. The molecule has 0 spiro atoms. The van der Waals surface area contributed by atoms with E-state index >= 15 is 0 Å². The van der Waals surface area contributed by atoms with Crippen LogP contribution < -0.4 is 4.74 Å². The van der Waals surface area contributed by atoms with Crippen molar-refractivity contribution in [2.45, 2.75) is 32.1 Å². The molecule has 0 amide bonds. The van der Waals surface area contributed by atoms with Crippen LogP contribution >= 0.6 is 0 Å². The van der Waals surface area contributed by atoms with E-state index in [0.717, 1.165) is 33.5 Å². The normalized spacial score (nSPS) is 18.8. The molecule has 158 valence electrons. The number of carbonyl (C=O) groups excluding carboxylic acids is 1. The Morgan fingerprint density at radius 3 is 2.87 bits per heavy atom. The highest BCUT2D eigenvalue weighted by atomic mass is 16.5. The van der Waals surface area contributed by atoms with Crippen molar-refractivity contribution < 1.29 is 19.4 Å². The number of aryl methyl sites for hydroxylation is 1. The summed E-state index contributed by atoms with van der Waals surface area (Å²) in [4.78, 5) is 21.0. The van der Waals surface area contributed by atoms with Gasteiger partial charge in [0, 0.05) is 55.0 Å². The maximum absolute atomic E-state index is 11.6. The number of ketones is 1. The summed E-state index contributed by atoms with van der Waals surface area (Å²) in [5.41, 5.74) is 3.66. The van der Waals surface area contributed by atoms with Gasteiger partial charge in [0.25, 0.3) is 0 Å². The Hall–Kier alpha value is -2.77. The van der Waals surface area contributed by atoms with E-state index in [1.807, 2.05) is 42.9 Å². The van der Waals surface area contributed by atoms with Gasteiger partial charge in [-0.05, 0) is 26.3 Å². The number of aliphatic hydroxyl groups excluding tert-OH is 1. The highest BCUT2D eigenvalue weighted by Gasteiger charge is 2.38. The largest absolute Gasteiger partial charge is 0.494 e. The number of hydrogen-bond donors (Lipinski definition) is 1. The van der Waals surface area contributed by atoms with Crippen molar-refractivity contribution in [1.82, 2.24) is 14.5 Å². The lowest BCUT2D eigenvalue weighted by Crippen LogP contribution is -2.32. The summed E-state index contributed by atoms with van der Waals surface area (Å²) >= 11 is 0. The van der Waals surface area contributed by atoms with Crippen LogP contribution in [0.2, 0.25) is 0 Å². The van der Waals surface area contributed by atoms with Gasteiger partial charge in [0.05, 0.1) is 48.3 Å². The van der Waals surface area contributed by atoms with Crippen molar-refractivity contribution in [3.63, 3.8) is 0 Å². The summed E-state index contributed by atoms with van der Waals surface area (Å²) in [6.07, 6.45) is 4.83. The zero-order chi connectivity index (χ0) is 21.3. The zero-order valence-electron chi connectivity index (χ0n) is 17.6. The summed E-state index contributed by atoms with van der Waals surface area (Å²) in [5, 5.41) is 11.1. The van der Waals surface area contributed by atoms with Gasteiger partial charge in [-0.25, -0.2) is 0 Å². The third-order valence-electron chi connectivity index (χ3n) is 5.70. The summed E-state index contributed by atoms with van der Waals surface area (Å²) < 4.78 is 13.4. The van der Waals surface area contributed by atoms with Crippen LogP contribution in [0.1, 0.15) is 31.7 Å². The van der Waals surface area contributed by atoms with E-state index in [4.69, 9.17) is 14.5 Å². The molecular formula is C23H27N3O4. The van der Waals surface area contributed by atoms with Gasteiger partial charge in [-0.3, -0.25) is 14.8 Å². The molecule has 0 aromatic carbocycles. The first kappa shape index (κ1) is 20.5. The van der Waals surface area contributed by atoms with Crippen LogP contribution in [0.5, 0.6) is 5.75 Å². The van der Waals surface area contributed by atoms with Crippen LogP contribution in [-0.4, -0.2) is 51.9 Å². The molecule has 1 aliphatic heterocycles. The molecule has 30 heavy (non-hydrogen) atoms. The fourth-order valence-electron chi connectivity index (χ4n) is 4.06. The highest BCUT2D eigenvalue weighted by Crippen LogP contribution is 2.37. The third kappa shape index (κ3) is 3.70. The van der Waals surface area contributed by atoms with Crippen LogP contribution in [0.3, 0.4) is 0 Å². The molecule has 0 unspecified atom stereocenters. The minimum absolute atomic E-state index is 0.0305. The van der Waals surface area contributed by atoms with Crippen molar-refractivity contribution in [2.75, 3.05) is 26.4 Å². The number of hydrogen-bond acceptors (Lipinski definition) is 6. The van der Waals surface area contributed by atoms with Crippen molar-refractivity contribution in [2.24, 2.45) is 7.05 Å². The molecule has 7 nitrogen and oxygen atoms in total. The SMILES string of the molecule is CCOc1cc(-c2cn(C)c3cnc(CC(C)=O)cc23)nc([C@]2(CO)CCOC2)c1. The first-order valence-corrected chi connectivity index (χ1v) is 10.2. The smallest absolute Gasteiger partial charge is 0.135 e. The van der Waals surface area contributed by atoms with Crippen LogP contribution in [0.25, 0.3) is 22.2 Å². The van der Waals surface area contributed by atoms with Gasteiger partial charge in [-0.2, -0.15) is 0 Å². The number of ether oxygens (including phenoxy) is 2. The first-order chi connectivity index (χ1) is 14.5. The van der Waals surface area contributed by atoms with Gasteiger partial charge in [0.2, 0.25) is 0 Å². The number of aromatic nitrogens is 3. The Morgan fingerprint density at radius 1 is 1.37 bits per heavy atom. The molecule has 1 aliphatic rings. The van der Waals surface area contributed by atoms with E-state index in [1.54, 1.807) is 13.1 Å². The van der Waals surface area contributed by atoms with E-state index in [1.165, 1.54) is 0 Å². The van der Waals surface area contributed by atoms with Crippen LogP contribution in [0.15, 0.2) is 30.6 Å². The Balaban J connectivity index is 1.89. The zero-order valence-corrected chi connectivity index (χ0v) is 17.6. The highest BCUT2D eigenvalue weighted by molar-refractivity contribution is 5.95. The van der Waals surface area contributed by atoms with Crippen molar-refractivity contribution >= 4 is 16.7 Å². The Morgan fingerprint density at radius 2 is 2.20 bits per heavy atom. The lowest BCUT2D eigenvalue weighted by atomic mass is 9.84. The topological polar surface area (TPSA) is 86.5 Å². The van der Waals surface area contributed by atoms with Gasteiger partial charge < -0.3 is 19.1 Å². The molecule has 3 aromatic heterocycles.